The van der Waals surface area contributed by atoms with Crippen LogP contribution in [0.3, 0.4) is 0 Å². The molecule has 0 saturated heterocycles. The largest absolute Gasteiger partial charge is 0.451 e. The fourth-order valence-corrected chi connectivity index (χ4v) is 4.09. The van der Waals surface area contributed by atoms with Crippen molar-refractivity contribution in [2.24, 2.45) is 0 Å². The third kappa shape index (κ3) is 5.63. The quantitative estimate of drug-likeness (QED) is 0.572. The first kappa shape index (κ1) is 20.0. The van der Waals surface area contributed by atoms with Gasteiger partial charge in [0, 0.05) is 10.6 Å². The molecule has 28 heavy (non-hydrogen) atoms. The topological polar surface area (TPSA) is 84.5 Å². The van der Waals surface area contributed by atoms with Gasteiger partial charge in [0.1, 0.15) is 10.7 Å². The summed E-state index contributed by atoms with van der Waals surface area (Å²) in [6.45, 7) is -0.730. The van der Waals surface area contributed by atoms with Crippen molar-refractivity contribution in [3.05, 3.63) is 51.5 Å². The van der Waals surface area contributed by atoms with Crippen LogP contribution in [0.15, 0.2) is 30.3 Å². The van der Waals surface area contributed by atoms with Gasteiger partial charge in [-0.25, -0.2) is 9.18 Å². The average Bonchev–Trinajstić information content (AvgIpc) is 2.97. The lowest BCUT2D eigenvalue weighted by Crippen LogP contribution is -2.35. The van der Waals surface area contributed by atoms with Crippen LogP contribution in [0.25, 0.3) is 0 Å². The Bertz CT molecular complexity index is 840. The van der Waals surface area contributed by atoms with Gasteiger partial charge in [-0.3, -0.25) is 9.59 Å². The van der Waals surface area contributed by atoms with Crippen molar-refractivity contribution in [1.82, 2.24) is 5.32 Å². The van der Waals surface area contributed by atoms with E-state index in [9.17, 15) is 18.8 Å². The number of thiophene rings is 1. The summed E-state index contributed by atoms with van der Waals surface area (Å²) >= 11 is 1.43. The summed E-state index contributed by atoms with van der Waals surface area (Å²) < 4.78 is 17.9. The molecule has 1 aromatic carbocycles. The van der Waals surface area contributed by atoms with Crippen LogP contribution < -0.4 is 10.6 Å². The van der Waals surface area contributed by atoms with Crippen LogP contribution in [0.1, 0.15) is 39.4 Å². The van der Waals surface area contributed by atoms with Crippen molar-refractivity contribution in [3.63, 3.8) is 0 Å². The molecular weight excluding hydrogens is 383 g/mol. The van der Waals surface area contributed by atoms with Crippen molar-refractivity contribution in [3.8, 4) is 0 Å². The lowest BCUT2D eigenvalue weighted by atomic mass is 10.1. The van der Waals surface area contributed by atoms with E-state index >= 15 is 0 Å². The van der Waals surface area contributed by atoms with Gasteiger partial charge >= 0.3 is 5.97 Å². The second-order valence-electron chi connectivity index (χ2n) is 6.53. The smallest absolute Gasteiger partial charge is 0.348 e. The number of rotatable bonds is 6. The van der Waals surface area contributed by atoms with Crippen molar-refractivity contribution < 1.29 is 23.5 Å². The minimum atomic E-state index is -0.569. The van der Waals surface area contributed by atoms with E-state index in [1.807, 2.05) is 6.07 Å². The van der Waals surface area contributed by atoms with E-state index in [4.69, 9.17) is 4.74 Å². The second-order valence-corrected chi connectivity index (χ2v) is 7.66. The number of amides is 2. The maximum absolute atomic E-state index is 12.8. The molecule has 1 heterocycles. The molecule has 1 aliphatic carbocycles. The van der Waals surface area contributed by atoms with Crippen LogP contribution >= 0.6 is 11.3 Å². The number of aryl methyl sites for hydroxylation is 2. The van der Waals surface area contributed by atoms with E-state index in [0.717, 1.165) is 25.7 Å². The fraction of sp³-hybridized carbons (Fsp3) is 0.350. The molecule has 2 aromatic rings. The monoisotopic (exact) mass is 404 g/mol. The number of hydrogen-bond donors (Lipinski definition) is 2. The number of halogens is 1. The molecule has 8 heteroatoms. The molecule has 2 N–H and O–H groups in total. The highest BCUT2D eigenvalue weighted by Crippen LogP contribution is 2.29. The van der Waals surface area contributed by atoms with Gasteiger partial charge in [0.25, 0.3) is 5.91 Å². The van der Waals surface area contributed by atoms with Crippen LogP contribution in [0, 0.1) is 5.82 Å². The SMILES string of the molecule is O=C(COC(=O)c1cc2c(s1)CCCCC2)NCC(=O)Nc1ccc(F)cc1. The molecule has 6 nitrogen and oxygen atoms in total. The number of fused-ring (bicyclic) bond motifs is 1. The molecule has 0 bridgehead atoms. The van der Waals surface area contributed by atoms with Crippen LogP contribution in [-0.2, 0) is 27.2 Å². The van der Waals surface area contributed by atoms with Gasteiger partial charge in [-0.05, 0) is 61.6 Å². The summed E-state index contributed by atoms with van der Waals surface area (Å²) in [6, 6.07) is 7.14. The number of anilines is 1. The van der Waals surface area contributed by atoms with Crippen LogP contribution in [-0.4, -0.2) is 30.9 Å². The second kappa shape index (κ2) is 9.45. The predicted molar refractivity (Wildman–Crippen MR) is 104 cm³/mol. The Hall–Kier alpha value is -2.74. The summed E-state index contributed by atoms with van der Waals surface area (Å²) in [5.41, 5.74) is 1.63. The van der Waals surface area contributed by atoms with Gasteiger partial charge in [-0.2, -0.15) is 0 Å². The van der Waals surface area contributed by atoms with Crippen molar-refractivity contribution in [2.45, 2.75) is 32.1 Å². The number of hydrogen-bond acceptors (Lipinski definition) is 5. The minimum Gasteiger partial charge on any atom is -0.451 e. The third-order valence-electron chi connectivity index (χ3n) is 4.36. The molecule has 0 spiro atoms. The van der Waals surface area contributed by atoms with Gasteiger partial charge in [0.15, 0.2) is 6.61 Å². The first-order valence-corrected chi connectivity index (χ1v) is 9.94. The van der Waals surface area contributed by atoms with Gasteiger partial charge in [0.05, 0.1) is 6.54 Å². The highest BCUT2D eigenvalue weighted by Gasteiger charge is 2.18. The van der Waals surface area contributed by atoms with Crippen LogP contribution in [0.4, 0.5) is 10.1 Å². The molecule has 1 aromatic heterocycles. The zero-order chi connectivity index (χ0) is 19.9. The van der Waals surface area contributed by atoms with Crippen molar-refractivity contribution in [2.75, 3.05) is 18.5 Å². The number of benzene rings is 1. The molecule has 0 fully saturated rings. The Labute approximate surface area is 166 Å². The predicted octanol–water partition coefficient (Wildman–Crippen LogP) is 3.07. The molecule has 0 aliphatic heterocycles. The zero-order valence-electron chi connectivity index (χ0n) is 15.3. The van der Waals surface area contributed by atoms with Crippen LogP contribution in [0.5, 0.6) is 0 Å². The van der Waals surface area contributed by atoms with Gasteiger partial charge in [-0.15, -0.1) is 11.3 Å². The van der Waals surface area contributed by atoms with E-state index in [-0.39, 0.29) is 6.54 Å². The number of ether oxygens (including phenoxy) is 1. The minimum absolute atomic E-state index is 0.277. The highest BCUT2D eigenvalue weighted by atomic mass is 32.1. The molecule has 2 amide bonds. The van der Waals surface area contributed by atoms with E-state index in [1.165, 1.54) is 52.5 Å². The Morgan fingerprint density at radius 3 is 2.57 bits per heavy atom. The summed E-state index contributed by atoms with van der Waals surface area (Å²) in [7, 11) is 0. The fourth-order valence-electron chi connectivity index (χ4n) is 2.94. The lowest BCUT2D eigenvalue weighted by molar-refractivity contribution is -0.126. The molecule has 0 unspecified atom stereocenters. The average molecular weight is 404 g/mol. The molecule has 0 radical (unpaired) electrons. The van der Waals surface area contributed by atoms with Crippen molar-refractivity contribution in [1.29, 1.82) is 0 Å². The molecule has 3 rings (SSSR count). The normalized spacial score (nSPS) is 13.2. The van der Waals surface area contributed by atoms with E-state index in [2.05, 4.69) is 10.6 Å². The molecule has 148 valence electrons. The Balaban J connectivity index is 1.40. The molecular formula is C20H21FN2O4S. The standard InChI is InChI=1S/C20H21FN2O4S/c21-14-6-8-15(9-7-14)23-18(24)11-22-19(25)12-27-20(26)17-10-13-4-2-1-3-5-16(13)28-17/h6-10H,1-5,11-12H2,(H,22,25)(H,23,24). The van der Waals surface area contributed by atoms with Crippen LogP contribution in [0.2, 0.25) is 0 Å². The summed E-state index contributed by atoms with van der Waals surface area (Å²) in [6.07, 6.45) is 5.42. The van der Waals surface area contributed by atoms with Gasteiger partial charge in [0.2, 0.25) is 5.91 Å². The Morgan fingerprint density at radius 2 is 1.79 bits per heavy atom. The third-order valence-corrected chi connectivity index (χ3v) is 5.57. The maximum atomic E-state index is 12.8. The first-order chi connectivity index (χ1) is 13.5. The Morgan fingerprint density at radius 1 is 1.04 bits per heavy atom. The number of carbonyl (C=O) groups is 3. The van der Waals surface area contributed by atoms with E-state index in [0.29, 0.717) is 10.6 Å². The Kier molecular flexibility index (Phi) is 6.76. The molecule has 1 aliphatic rings. The maximum Gasteiger partial charge on any atom is 0.348 e. The molecule has 0 atom stereocenters. The van der Waals surface area contributed by atoms with Gasteiger partial charge in [-0.1, -0.05) is 6.42 Å². The highest BCUT2D eigenvalue weighted by molar-refractivity contribution is 7.14. The van der Waals surface area contributed by atoms with Crippen molar-refractivity contribution >= 4 is 34.8 Å². The summed E-state index contributed by atoms with van der Waals surface area (Å²) in [5, 5.41) is 4.90. The molecule has 0 saturated carbocycles. The number of carbonyl (C=O) groups excluding carboxylic acids is 3. The van der Waals surface area contributed by atoms with Gasteiger partial charge < -0.3 is 15.4 Å². The zero-order valence-corrected chi connectivity index (χ0v) is 16.1. The van der Waals surface area contributed by atoms with E-state index in [1.54, 1.807) is 0 Å². The summed E-state index contributed by atoms with van der Waals surface area (Å²) in [5.74, 6) is -1.96. The number of esters is 1. The lowest BCUT2D eigenvalue weighted by Gasteiger charge is -2.07. The number of nitrogens with one attached hydrogen (secondary N) is 2. The summed E-state index contributed by atoms with van der Waals surface area (Å²) in [4.78, 5) is 37.5. The first-order valence-electron chi connectivity index (χ1n) is 9.12. The van der Waals surface area contributed by atoms with E-state index < -0.39 is 30.2 Å².